The number of nitrogens with zero attached hydrogens (tertiary/aromatic N) is 1. The van der Waals surface area contributed by atoms with Gasteiger partial charge in [-0.25, -0.2) is 4.79 Å². The molecule has 0 saturated carbocycles. The Morgan fingerprint density at radius 3 is 2.91 bits per heavy atom. The second kappa shape index (κ2) is 5.73. The van der Waals surface area contributed by atoms with Crippen LogP contribution < -0.4 is 5.32 Å². The summed E-state index contributed by atoms with van der Waals surface area (Å²) in [6.07, 6.45) is -1.05. The fraction of sp³-hybridized carbons (Fsp3) is 0.583. The van der Waals surface area contributed by atoms with Crippen LogP contribution in [0.3, 0.4) is 0 Å². The molecule has 0 spiro atoms. The fourth-order valence-electron chi connectivity index (χ4n) is 2.65. The average molecular weight is 350 g/mol. The number of carbonyl (C=O) groups excluding carboxylic acids is 3. The first kappa shape index (κ1) is 16.1. The van der Waals surface area contributed by atoms with Gasteiger partial charge in [0.25, 0.3) is 17.4 Å². The van der Waals surface area contributed by atoms with Gasteiger partial charge < -0.3 is 19.5 Å². The summed E-state index contributed by atoms with van der Waals surface area (Å²) in [7, 11) is 1.18. The molecule has 2 amide bonds. The highest BCUT2D eigenvalue weighted by Crippen LogP contribution is 2.42. The first-order valence-corrected chi connectivity index (χ1v) is 7.56. The van der Waals surface area contributed by atoms with E-state index < -0.39 is 41.2 Å². The van der Waals surface area contributed by atoms with Crippen molar-refractivity contribution >= 4 is 29.5 Å². The van der Waals surface area contributed by atoms with Crippen molar-refractivity contribution in [2.24, 2.45) is 0 Å². The highest BCUT2D eigenvalue weighted by atomic mass is 32.2. The van der Waals surface area contributed by atoms with Gasteiger partial charge in [0.15, 0.2) is 6.23 Å². The highest BCUT2D eigenvalue weighted by molar-refractivity contribution is 8.00. The number of hydrogen-bond donors (Lipinski definition) is 1. The van der Waals surface area contributed by atoms with E-state index in [1.165, 1.54) is 7.11 Å². The van der Waals surface area contributed by atoms with Crippen LogP contribution in [0.2, 0.25) is 0 Å². The lowest BCUT2D eigenvalue weighted by Gasteiger charge is -2.54. The van der Waals surface area contributed by atoms with Crippen molar-refractivity contribution in [3.05, 3.63) is 11.3 Å². The Morgan fingerprint density at radius 2 is 2.26 bits per heavy atom. The number of halogens is 2. The predicted octanol–water partition coefficient (Wildman–Crippen LogP) is -0.590. The van der Waals surface area contributed by atoms with Crippen LogP contribution >= 0.6 is 11.8 Å². The first-order valence-electron chi connectivity index (χ1n) is 6.51. The van der Waals surface area contributed by atoms with Crippen LogP contribution in [0, 0.1) is 0 Å². The van der Waals surface area contributed by atoms with E-state index in [0.29, 0.717) is 5.57 Å². The Bertz CT molecular complexity index is 612. The molecule has 3 aliphatic heterocycles. The van der Waals surface area contributed by atoms with Crippen molar-refractivity contribution in [3.63, 3.8) is 0 Å². The van der Waals surface area contributed by atoms with Crippen molar-refractivity contribution in [2.75, 3.05) is 26.1 Å². The molecule has 8 nitrogen and oxygen atoms in total. The third kappa shape index (κ3) is 2.39. The molecule has 3 heterocycles. The molecule has 3 rings (SSSR count). The predicted molar refractivity (Wildman–Crippen MR) is 70.9 cm³/mol. The van der Waals surface area contributed by atoms with E-state index in [1.54, 1.807) is 0 Å². The van der Waals surface area contributed by atoms with Crippen LogP contribution in [0.1, 0.15) is 0 Å². The number of fused-ring (bicyclic) bond motifs is 2. The average Bonchev–Trinajstić information content (AvgIpc) is 2.90. The van der Waals surface area contributed by atoms with Gasteiger partial charge in [-0.15, -0.1) is 0 Å². The minimum atomic E-state index is -2.71. The Balaban J connectivity index is 1.77. The van der Waals surface area contributed by atoms with Crippen LogP contribution in [-0.4, -0.2) is 66.5 Å². The van der Waals surface area contributed by atoms with E-state index in [9.17, 15) is 23.2 Å². The minimum Gasteiger partial charge on any atom is -0.456 e. The molecule has 0 aliphatic carbocycles. The van der Waals surface area contributed by atoms with Crippen LogP contribution in [0.25, 0.3) is 0 Å². The lowest BCUT2D eigenvalue weighted by molar-refractivity contribution is -0.256. The molecule has 11 heteroatoms. The molecule has 23 heavy (non-hydrogen) atoms. The van der Waals surface area contributed by atoms with Crippen LogP contribution in [0.15, 0.2) is 11.3 Å². The van der Waals surface area contributed by atoms with Gasteiger partial charge in [0.1, 0.15) is 12.3 Å². The van der Waals surface area contributed by atoms with Crippen LogP contribution in [0.5, 0.6) is 0 Å². The molecular weight excluding hydrogens is 338 g/mol. The molecule has 1 saturated heterocycles. The molecule has 3 aliphatic rings. The summed E-state index contributed by atoms with van der Waals surface area (Å²) < 4.78 is 39.7. The topological polar surface area (TPSA) is 94.2 Å². The van der Waals surface area contributed by atoms with Gasteiger partial charge in [-0.1, -0.05) is 11.8 Å². The number of rotatable bonds is 5. The number of nitrogens with one attached hydrogen (secondary N) is 1. The van der Waals surface area contributed by atoms with Gasteiger partial charge in [0, 0.05) is 12.7 Å². The Labute approximate surface area is 133 Å². The first-order chi connectivity index (χ1) is 10.9. The maximum atomic E-state index is 12.4. The number of alkyl halides is 2. The number of carbonyl (C=O) groups is 3. The number of thioether (sulfide) groups is 1. The number of β-lactam (4-membered cyclic amide) rings is 1. The summed E-state index contributed by atoms with van der Waals surface area (Å²) >= 11 is 0.121. The van der Waals surface area contributed by atoms with Crippen molar-refractivity contribution in [2.45, 2.75) is 17.7 Å². The zero-order valence-corrected chi connectivity index (χ0v) is 12.7. The van der Waals surface area contributed by atoms with Gasteiger partial charge in [0.2, 0.25) is 5.91 Å². The summed E-state index contributed by atoms with van der Waals surface area (Å²) in [4.78, 5) is 36.9. The number of cyclic esters (lactones) is 1. The third-order valence-corrected chi connectivity index (χ3v) is 4.35. The Hall–Kier alpha value is -1.72. The second-order valence-corrected chi connectivity index (χ2v) is 5.90. The summed E-state index contributed by atoms with van der Waals surface area (Å²) in [6, 6.07) is 0. The molecule has 1 fully saturated rings. The molecule has 1 unspecified atom stereocenters. The van der Waals surface area contributed by atoms with E-state index in [-0.39, 0.29) is 30.7 Å². The third-order valence-electron chi connectivity index (χ3n) is 3.67. The monoisotopic (exact) mass is 350 g/mol. The van der Waals surface area contributed by atoms with Gasteiger partial charge in [-0.3, -0.25) is 14.5 Å². The smallest absolute Gasteiger partial charge is 0.355 e. The van der Waals surface area contributed by atoms with E-state index in [1.807, 2.05) is 0 Å². The Morgan fingerprint density at radius 1 is 1.52 bits per heavy atom. The summed E-state index contributed by atoms with van der Waals surface area (Å²) in [6.45, 7) is 0.0876. The zero-order valence-electron chi connectivity index (χ0n) is 11.8. The van der Waals surface area contributed by atoms with Gasteiger partial charge in [0.05, 0.1) is 12.4 Å². The molecule has 126 valence electrons. The lowest BCUT2D eigenvalue weighted by Crippen LogP contribution is -2.82. The number of amides is 2. The van der Waals surface area contributed by atoms with Crippen molar-refractivity contribution < 1.29 is 37.4 Å². The largest absolute Gasteiger partial charge is 0.456 e. The summed E-state index contributed by atoms with van der Waals surface area (Å²) in [5.41, 5.74) is -1.21. The highest BCUT2D eigenvalue weighted by Gasteiger charge is 2.68. The van der Waals surface area contributed by atoms with Gasteiger partial charge >= 0.3 is 5.97 Å². The van der Waals surface area contributed by atoms with Crippen molar-refractivity contribution in [1.29, 1.82) is 0 Å². The quantitative estimate of drug-likeness (QED) is 0.402. The van der Waals surface area contributed by atoms with Crippen molar-refractivity contribution in [3.8, 4) is 0 Å². The molecule has 2 atom stereocenters. The zero-order chi connectivity index (χ0) is 16.8. The molecule has 0 aromatic heterocycles. The van der Waals surface area contributed by atoms with E-state index in [4.69, 9.17) is 14.2 Å². The number of esters is 1. The SMILES string of the molecule is CO[C@@]1(NC(=O)CSC(F)F)C(=O)N2C3=C(COC3=O)COC21. The van der Waals surface area contributed by atoms with E-state index in [0.717, 1.165) is 4.90 Å². The Kier molecular flexibility index (Phi) is 4.02. The van der Waals surface area contributed by atoms with Crippen LogP contribution in [-0.2, 0) is 28.6 Å². The minimum absolute atomic E-state index is 0.0437. The van der Waals surface area contributed by atoms with Crippen molar-refractivity contribution in [1.82, 2.24) is 10.2 Å². The lowest BCUT2D eigenvalue weighted by atomic mass is 9.95. The maximum absolute atomic E-state index is 12.4. The molecule has 0 aromatic carbocycles. The van der Waals surface area contributed by atoms with Gasteiger partial charge in [-0.05, 0) is 0 Å². The second-order valence-electron chi connectivity index (χ2n) is 4.93. The van der Waals surface area contributed by atoms with Crippen LogP contribution in [0.4, 0.5) is 8.78 Å². The standard InChI is InChI=1S/C12H12F2N2O6S/c1-20-12(15-6(17)4-23-11(13)14)9(19)16-7-5(2-21-8(7)18)3-22-10(12)16/h10-11H,2-4H2,1H3,(H,15,17)/t10?,12-/m0/s1. The molecule has 0 aromatic rings. The summed E-state index contributed by atoms with van der Waals surface area (Å²) in [5, 5.41) is 2.27. The summed E-state index contributed by atoms with van der Waals surface area (Å²) in [5.74, 6) is -5.42. The normalized spacial score (nSPS) is 29.2. The number of ether oxygens (including phenoxy) is 3. The molecule has 1 N–H and O–H groups in total. The van der Waals surface area contributed by atoms with E-state index in [2.05, 4.69) is 5.32 Å². The molecule has 0 bridgehead atoms. The number of methoxy groups -OCH3 is 1. The van der Waals surface area contributed by atoms with E-state index >= 15 is 0 Å². The molecule has 0 radical (unpaired) electrons. The fourth-order valence-corrected chi connectivity index (χ4v) is 3.00. The maximum Gasteiger partial charge on any atom is 0.355 e. The number of hydrogen-bond acceptors (Lipinski definition) is 7. The van der Waals surface area contributed by atoms with Gasteiger partial charge in [-0.2, -0.15) is 8.78 Å². The molecular formula is C12H12F2N2O6S.